The number of fused-ring (bicyclic) bond motifs is 1. The minimum atomic E-state index is -0.345. The molecule has 1 aromatic carbocycles. The van der Waals surface area contributed by atoms with E-state index in [2.05, 4.69) is 5.32 Å². The molecule has 1 aromatic rings. The van der Waals surface area contributed by atoms with Crippen LogP contribution >= 0.6 is 11.6 Å². The standard InChI is InChI=1S/C13H14ClNO2/c14-9-4-3-5-10-11(9)15-12(16)13(8-17-10)6-1-2-7-13/h3-5H,1-2,6-8H2,(H,15,16). The Hall–Kier alpha value is -1.22. The first-order valence-corrected chi connectivity index (χ1v) is 6.32. The Bertz CT molecular complexity index is 466. The summed E-state index contributed by atoms with van der Waals surface area (Å²) in [6, 6.07) is 5.44. The maximum Gasteiger partial charge on any atom is 0.234 e. The van der Waals surface area contributed by atoms with Crippen LogP contribution in [0.4, 0.5) is 5.69 Å². The number of benzene rings is 1. The Labute approximate surface area is 105 Å². The summed E-state index contributed by atoms with van der Waals surface area (Å²) in [6.07, 6.45) is 4.01. The SMILES string of the molecule is O=C1Nc2c(Cl)cccc2OCC12CCCC2. The topological polar surface area (TPSA) is 38.3 Å². The Morgan fingerprint density at radius 3 is 2.82 bits per heavy atom. The molecule has 0 unspecified atom stereocenters. The molecule has 1 aliphatic heterocycles. The van der Waals surface area contributed by atoms with E-state index in [1.807, 2.05) is 12.1 Å². The molecule has 2 aliphatic rings. The molecule has 1 N–H and O–H groups in total. The fraction of sp³-hybridized carbons (Fsp3) is 0.462. The Balaban J connectivity index is 1.99. The molecule has 0 saturated heterocycles. The van der Waals surface area contributed by atoms with Crippen LogP contribution in [0.3, 0.4) is 0 Å². The lowest BCUT2D eigenvalue weighted by Gasteiger charge is -2.23. The molecule has 1 spiro atoms. The summed E-state index contributed by atoms with van der Waals surface area (Å²) >= 11 is 6.08. The quantitative estimate of drug-likeness (QED) is 0.769. The predicted molar refractivity (Wildman–Crippen MR) is 66.5 cm³/mol. The minimum Gasteiger partial charge on any atom is -0.490 e. The molecular weight excluding hydrogens is 238 g/mol. The van der Waals surface area contributed by atoms with Gasteiger partial charge in [-0.1, -0.05) is 30.5 Å². The van der Waals surface area contributed by atoms with E-state index >= 15 is 0 Å². The number of hydrogen-bond donors (Lipinski definition) is 1. The van der Waals surface area contributed by atoms with Gasteiger partial charge in [0.25, 0.3) is 0 Å². The summed E-state index contributed by atoms with van der Waals surface area (Å²) in [4.78, 5) is 12.3. The van der Waals surface area contributed by atoms with E-state index in [1.165, 1.54) is 0 Å². The zero-order chi connectivity index (χ0) is 11.9. The molecule has 4 heteroatoms. The summed E-state index contributed by atoms with van der Waals surface area (Å²) in [5, 5.41) is 3.46. The van der Waals surface area contributed by atoms with E-state index in [0.29, 0.717) is 23.1 Å². The third-order valence-corrected chi connectivity index (χ3v) is 4.08. The van der Waals surface area contributed by atoms with Crippen molar-refractivity contribution >= 4 is 23.2 Å². The summed E-state index contributed by atoms with van der Waals surface area (Å²) in [5.74, 6) is 0.733. The maximum atomic E-state index is 12.3. The molecule has 1 fully saturated rings. The second-order valence-electron chi connectivity index (χ2n) is 4.84. The summed E-state index contributed by atoms with van der Waals surface area (Å²) in [5.41, 5.74) is 0.269. The molecular formula is C13H14ClNO2. The first-order chi connectivity index (χ1) is 8.21. The highest BCUT2D eigenvalue weighted by atomic mass is 35.5. The van der Waals surface area contributed by atoms with E-state index < -0.39 is 0 Å². The van der Waals surface area contributed by atoms with E-state index in [0.717, 1.165) is 25.7 Å². The van der Waals surface area contributed by atoms with Crippen LogP contribution < -0.4 is 10.1 Å². The lowest BCUT2D eigenvalue weighted by molar-refractivity contribution is -0.126. The molecule has 0 radical (unpaired) electrons. The van der Waals surface area contributed by atoms with Crippen molar-refractivity contribution in [2.24, 2.45) is 5.41 Å². The highest BCUT2D eigenvalue weighted by molar-refractivity contribution is 6.34. The van der Waals surface area contributed by atoms with Gasteiger partial charge in [-0.3, -0.25) is 4.79 Å². The maximum absolute atomic E-state index is 12.3. The van der Waals surface area contributed by atoms with Crippen molar-refractivity contribution in [1.29, 1.82) is 0 Å². The van der Waals surface area contributed by atoms with Crippen LogP contribution in [-0.4, -0.2) is 12.5 Å². The van der Waals surface area contributed by atoms with Crippen LogP contribution in [0.25, 0.3) is 0 Å². The average molecular weight is 252 g/mol. The lowest BCUT2D eigenvalue weighted by Crippen LogP contribution is -2.37. The smallest absolute Gasteiger partial charge is 0.234 e. The highest BCUT2D eigenvalue weighted by Gasteiger charge is 2.44. The molecule has 0 atom stereocenters. The molecule has 3 nitrogen and oxygen atoms in total. The van der Waals surface area contributed by atoms with Crippen molar-refractivity contribution < 1.29 is 9.53 Å². The Kier molecular flexibility index (Phi) is 2.51. The van der Waals surface area contributed by atoms with Gasteiger partial charge in [0, 0.05) is 0 Å². The number of hydrogen-bond acceptors (Lipinski definition) is 2. The number of anilines is 1. The van der Waals surface area contributed by atoms with Crippen molar-refractivity contribution in [1.82, 2.24) is 0 Å². The van der Waals surface area contributed by atoms with Gasteiger partial charge in [0.05, 0.1) is 10.4 Å². The summed E-state index contributed by atoms with van der Waals surface area (Å²) < 4.78 is 5.77. The fourth-order valence-corrected chi connectivity index (χ4v) is 2.91. The Morgan fingerprint density at radius 2 is 2.06 bits per heavy atom. The van der Waals surface area contributed by atoms with Gasteiger partial charge in [-0.2, -0.15) is 0 Å². The molecule has 3 rings (SSSR count). The van der Waals surface area contributed by atoms with Gasteiger partial charge in [0.1, 0.15) is 18.0 Å². The minimum absolute atomic E-state index is 0.0573. The first kappa shape index (κ1) is 10.9. The molecule has 0 aromatic heterocycles. The van der Waals surface area contributed by atoms with Crippen molar-refractivity contribution in [2.45, 2.75) is 25.7 Å². The van der Waals surface area contributed by atoms with Crippen molar-refractivity contribution in [3.8, 4) is 5.75 Å². The summed E-state index contributed by atoms with van der Waals surface area (Å²) in [6.45, 7) is 0.464. The van der Waals surface area contributed by atoms with E-state index in [9.17, 15) is 4.79 Å². The molecule has 1 amide bonds. The fourth-order valence-electron chi connectivity index (χ4n) is 2.70. The van der Waals surface area contributed by atoms with Gasteiger partial charge in [0.2, 0.25) is 5.91 Å². The molecule has 1 aliphatic carbocycles. The number of rotatable bonds is 0. The third-order valence-electron chi connectivity index (χ3n) is 3.76. The Morgan fingerprint density at radius 1 is 1.29 bits per heavy atom. The van der Waals surface area contributed by atoms with E-state index in [1.54, 1.807) is 6.07 Å². The predicted octanol–water partition coefficient (Wildman–Crippen LogP) is 3.23. The number of ether oxygens (including phenoxy) is 1. The van der Waals surface area contributed by atoms with Gasteiger partial charge < -0.3 is 10.1 Å². The van der Waals surface area contributed by atoms with Gasteiger partial charge in [-0.05, 0) is 25.0 Å². The molecule has 17 heavy (non-hydrogen) atoms. The normalized spacial score (nSPS) is 21.6. The number of para-hydroxylation sites is 1. The molecule has 1 saturated carbocycles. The third kappa shape index (κ3) is 1.69. The van der Waals surface area contributed by atoms with Crippen LogP contribution in [0, 0.1) is 5.41 Å². The molecule has 0 bridgehead atoms. The van der Waals surface area contributed by atoms with Gasteiger partial charge in [-0.15, -0.1) is 0 Å². The van der Waals surface area contributed by atoms with Crippen LogP contribution in [0.2, 0.25) is 5.02 Å². The van der Waals surface area contributed by atoms with E-state index in [-0.39, 0.29) is 11.3 Å². The number of nitrogens with one attached hydrogen (secondary N) is 1. The van der Waals surface area contributed by atoms with Gasteiger partial charge in [0.15, 0.2) is 0 Å². The first-order valence-electron chi connectivity index (χ1n) is 5.94. The van der Waals surface area contributed by atoms with Crippen LogP contribution in [0.1, 0.15) is 25.7 Å². The number of carbonyl (C=O) groups excluding carboxylic acids is 1. The van der Waals surface area contributed by atoms with Crippen LogP contribution in [0.15, 0.2) is 18.2 Å². The van der Waals surface area contributed by atoms with Gasteiger partial charge >= 0.3 is 0 Å². The number of amides is 1. The van der Waals surface area contributed by atoms with E-state index in [4.69, 9.17) is 16.3 Å². The number of carbonyl (C=O) groups is 1. The van der Waals surface area contributed by atoms with Crippen molar-refractivity contribution in [3.63, 3.8) is 0 Å². The second kappa shape index (κ2) is 3.91. The zero-order valence-electron chi connectivity index (χ0n) is 9.46. The van der Waals surface area contributed by atoms with Gasteiger partial charge in [-0.25, -0.2) is 0 Å². The summed E-state index contributed by atoms with van der Waals surface area (Å²) in [7, 11) is 0. The second-order valence-corrected chi connectivity index (χ2v) is 5.25. The monoisotopic (exact) mass is 251 g/mol. The van der Waals surface area contributed by atoms with Crippen molar-refractivity contribution in [3.05, 3.63) is 23.2 Å². The van der Waals surface area contributed by atoms with Crippen molar-refractivity contribution in [2.75, 3.05) is 11.9 Å². The zero-order valence-corrected chi connectivity index (χ0v) is 10.2. The lowest BCUT2D eigenvalue weighted by atomic mass is 9.86. The molecule has 90 valence electrons. The molecule has 1 heterocycles. The van der Waals surface area contributed by atoms with Crippen LogP contribution in [-0.2, 0) is 4.79 Å². The van der Waals surface area contributed by atoms with Crippen LogP contribution in [0.5, 0.6) is 5.75 Å². The number of halogens is 1. The largest absolute Gasteiger partial charge is 0.490 e. The highest BCUT2D eigenvalue weighted by Crippen LogP contribution is 2.44. The average Bonchev–Trinajstić information content (AvgIpc) is 2.74.